The summed E-state index contributed by atoms with van der Waals surface area (Å²) < 4.78 is 28.6. The van der Waals surface area contributed by atoms with Crippen LogP contribution < -0.4 is 0 Å². The molecule has 4 aromatic rings. The molecule has 0 fully saturated rings. The fourth-order valence-corrected chi connectivity index (χ4v) is 4.24. The van der Waals surface area contributed by atoms with Crippen LogP contribution in [-0.4, -0.2) is 28.0 Å². The van der Waals surface area contributed by atoms with Crippen molar-refractivity contribution in [3.05, 3.63) is 71.6 Å². The molecule has 0 amide bonds. The molecule has 0 saturated heterocycles. The minimum absolute atomic E-state index is 0.0824. The molecular formula is C17H11BrN4O2S. The van der Waals surface area contributed by atoms with Crippen LogP contribution in [0.2, 0.25) is 0 Å². The summed E-state index contributed by atoms with van der Waals surface area (Å²) in [6.07, 6.45) is 2.69. The Labute approximate surface area is 152 Å². The Balaban J connectivity index is 2.05. The average Bonchev–Trinajstić information content (AvgIpc) is 3.11. The number of sulfone groups is 1. The van der Waals surface area contributed by atoms with Gasteiger partial charge in [-0.25, -0.2) is 13.4 Å². The largest absolute Gasteiger partial charge is 0.252 e. The lowest BCUT2D eigenvalue weighted by atomic mass is 10.1. The van der Waals surface area contributed by atoms with E-state index in [1.54, 1.807) is 30.3 Å². The average molecular weight is 415 g/mol. The lowest BCUT2D eigenvalue weighted by Gasteiger charge is -2.12. The third-order valence-electron chi connectivity index (χ3n) is 3.73. The van der Waals surface area contributed by atoms with E-state index in [2.05, 4.69) is 31.0 Å². The van der Waals surface area contributed by atoms with Gasteiger partial charge in [0.25, 0.3) is 5.78 Å². The molecule has 8 heteroatoms. The maximum absolute atomic E-state index is 13.1. The molecule has 0 atom stereocenters. The summed E-state index contributed by atoms with van der Waals surface area (Å²) >= 11 is 3.39. The highest BCUT2D eigenvalue weighted by Gasteiger charge is 2.25. The highest BCUT2D eigenvalue weighted by Crippen LogP contribution is 2.31. The van der Waals surface area contributed by atoms with Crippen LogP contribution >= 0.6 is 15.9 Å². The second-order valence-electron chi connectivity index (χ2n) is 5.27. The Kier molecular flexibility index (Phi) is 3.85. The third kappa shape index (κ3) is 2.73. The SMILES string of the molecule is O=S(=O)(c1ccccc1)c1cnc2ncnn2c1-c1ccc(Br)cc1. The van der Waals surface area contributed by atoms with E-state index in [1.165, 1.54) is 17.0 Å². The Morgan fingerprint density at radius 2 is 1.64 bits per heavy atom. The van der Waals surface area contributed by atoms with Gasteiger partial charge < -0.3 is 0 Å². The van der Waals surface area contributed by atoms with Crippen molar-refractivity contribution >= 4 is 31.5 Å². The molecular weight excluding hydrogens is 404 g/mol. The van der Waals surface area contributed by atoms with E-state index >= 15 is 0 Å². The number of aromatic nitrogens is 4. The van der Waals surface area contributed by atoms with Gasteiger partial charge in [0.1, 0.15) is 11.2 Å². The monoisotopic (exact) mass is 414 g/mol. The standard InChI is InChI=1S/C17H11BrN4O2S/c18-13-8-6-12(7-9-13)16-15(10-19-17-20-11-21-22(16)17)25(23,24)14-4-2-1-3-5-14/h1-11H. The Hall–Kier alpha value is -2.58. The van der Waals surface area contributed by atoms with Crippen molar-refractivity contribution in [2.24, 2.45) is 0 Å². The first-order valence-electron chi connectivity index (χ1n) is 7.32. The zero-order valence-corrected chi connectivity index (χ0v) is 15.1. The van der Waals surface area contributed by atoms with E-state index < -0.39 is 9.84 Å². The highest BCUT2D eigenvalue weighted by atomic mass is 79.9. The predicted octanol–water partition coefficient (Wildman–Crippen LogP) is 3.39. The van der Waals surface area contributed by atoms with Gasteiger partial charge in [-0.05, 0) is 24.3 Å². The van der Waals surface area contributed by atoms with Gasteiger partial charge in [0.2, 0.25) is 9.84 Å². The molecule has 0 bridgehead atoms. The fourth-order valence-electron chi connectivity index (χ4n) is 2.56. The van der Waals surface area contributed by atoms with E-state index in [9.17, 15) is 8.42 Å². The van der Waals surface area contributed by atoms with Crippen LogP contribution in [0, 0.1) is 0 Å². The summed E-state index contributed by atoms with van der Waals surface area (Å²) in [7, 11) is -3.76. The van der Waals surface area contributed by atoms with Crippen LogP contribution in [0.25, 0.3) is 17.0 Å². The Bertz CT molecular complexity index is 1160. The van der Waals surface area contributed by atoms with Gasteiger partial charge >= 0.3 is 0 Å². The fraction of sp³-hybridized carbons (Fsp3) is 0. The predicted molar refractivity (Wildman–Crippen MR) is 95.8 cm³/mol. The first-order chi connectivity index (χ1) is 12.1. The molecule has 0 aliphatic carbocycles. The van der Waals surface area contributed by atoms with Crippen molar-refractivity contribution in [2.45, 2.75) is 9.79 Å². The molecule has 25 heavy (non-hydrogen) atoms. The smallest absolute Gasteiger partial charge is 0.218 e. The topological polar surface area (TPSA) is 77.2 Å². The summed E-state index contributed by atoms with van der Waals surface area (Å²) in [5.41, 5.74) is 1.13. The second kappa shape index (κ2) is 6.05. The summed E-state index contributed by atoms with van der Waals surface area (Å²) in [5, 5.41) is 4.15. The number of hydrogen-bond acceptors (Lipinski definition) is 5. The van der Waals surface area contributed by atoms with Crippen LogP contribution in [0.1, 0.15) is 0 Å². The summed E-state index contributed by atoms with van der Waals surface area (Å²) in [6.45, 7) is 0. The number of fused-ring (bicyclic) bond motifs is 1. The van der Waals surface area contributed by atoms with Gasteiger partial charge in [-0.3, -0.25) is 0 Å². The molecule has 2 aromatic heterocycles. The van der Waals surface area contributed by atoms with Crippen molar-refractivity contribution in [1.82, 2.24) is 19.6 Å². The lowest BCUT2D eigenvalue weighted by molar-refractivity contribution is 0.595. The van der Waals surface area contributed by atoms with Crippen LogP contribution in [-0.2, 0) is 9.84 Å². The van der Waals surface area contributed by atoms with E-state index in [4.69, 9.17) is 0 Å². The van der Waals surface area contributed by atoms with Crippen molar-refractivity contribution < 1.29 is 8.42 Å². The molecule has 4 rings (SSSR count). The van der Waals surface area contributed by atoms with Crippen LogP contribution in [0.15, 0.2) is 81.4 Å². The summed E-state index contributed by atoms with van der Waals surface area (Å²) in [4.78, 5) is 8.48. The highest BCUT2D eigenvalue weighted by molar-refractivity contribution is 9.10. The van der Waals surface area contributed by atoms with Crippen molar-refractivity contribution in [3.63, 3.8) is 0 Å². The minimum Gasteiger partial charge on any atom is -0.218 e. The minimum atomic E-state index is -3.76. The van der Waals surface area contributed by atoms with Gasteiger partial charge in [0.05, 0.1) is 16.8 Å². The maximum Gasteiger partial charge on any atom is 0.252 e. The molecule has 2 heterocycles. The van der Waals surface area contributed by atoms with Crippen molar-refractivity contribution in [3.8, 4) is 11.3 Å². The van der Waals surface area contributed by atoms with Gasteiger partial charge in [0, 0.05) is 10.0 Å². The number of rotatable bonds is 3. The van der Waals surface area contributed by atoms with E-state index in [-0.39, 0.29) is 9.79 Å². The van der Waals surface area contributed by atoms with E-state index in [0.717, 1.165) is 4.47 Å². The van der Waals surface area contributed by atoms with Gasteiger partial charge in [-0.1, -0.05) is 46.3 Å². The lowest BCUT2D eigenvalue weighted by Crippen LogP contribution is -2.09. The Morgan fingerprint density at radius 3 is 2.36 bits per heavy atom. The van der Waals surface area contributed by atoms with Gasteiger partial charge in [-0.2, -0.15) is 14.6 Å². The van der Waals surface area contributed by atoms with Gasteiger partial charge in [-0.15, -0.1) is 0 Å². The van der Waals surface area contributed by atoms with Crippen LogP contribution in [0.4, 0.5) is 0 Å². The number of hydrogen-bond donors (Lipinski definition) is 0. The Morgan fingerprint density at radius 1 is 0.920 bits per heavy atom. The summed E-state index contributed by atoms with van der Waals surface area (Å²) in [6, 6.07) is 15.6. The normalized spacial score (nSPS) is 11.7. The molecule has 0 spiro atoms. The zero-order valence-electron chi connectivity index (χ0n) is 12.7. The molecule has 0 radical (unpaired) electrons. The summed E-state index contributed by atoms with van der Waals surface area (Å²) in [5.74, 6) is 0.338. The van der Waals surface area contributed by atoms with Gasteiger partial charge in [0.15, 0.2) is 0 Å². The zero-order chi connectivity index (χ0) is 17.4. The maximum atomic E-state index is 13.1. The van der Waals surface area contributed by atoms with Crippen molar-refractivity contribution in [2.75, 3.05) is 0 Å². The quantitative estimate of drug-likeness (QED) is 0.513. The van der Waals surface area contributed by atoms with E-state index in [0.29, 0.717) is 17.0 Å². The number of nitrogens with zero attached hydrogens (tertiary/aromatic N) is 4. The van der Waals surface area contributed by atoms with E-state index in [1.807, 2.05) is 24.3 Å². The van der Waals surface area contributed by atoms with Crippen molar-refractivity contribution in [1.29, 1.82) is 0 Å². The molecule has 0 aliphatic heterocycles. The molecule has 0 N–H and O–H groups in total. The first kappa shape index (κ1) is 15.9. The molecule has 2 aromatic carbocycles. The second-order valence-corrected chi connectivity index (χ2v) is 8.10. The third-order valence-corrected chi connectivity index (χ3v) is 6.03. The van der Waals surface area contributed by atoms with Crippen LogP contribution in [0.3, 0.4) is 0 Å². The molecule has 0 unspecified atom stereocenters. The molecule has 0 aliphatic rings. The number of halogens is 1. The first-order valence-corrected chi connectivity index (χ1v) is 9.60. The number of benzene rings is 2. The van der Waals surface area contributed by atoms with Crippen LogP contribution in [0.5, 0.6) is 0 Å². The molecule has 6 nitrogen and oxygen atoms in total. The molecule has 124 valence electrons. The molecule has 0 saturated carbocycles.